The van der Waals surface area contributed by atoms with Gasteiger partial charge in [-0.15, -0.1) is 0 Å². The zero-order chi connectivity index (χ0) is 44.8. The summed E-state index contributed by atoms with van der Waals surface area (Å²) in [7, 11) is -4.64. The predicted molar refractivity (Wildman–Crippen MR) is 253 cm³/mol. The zero-order valence-electron chi connectivity index (χ0n) is 38.2. The molecule has 0 spiro atoms. The van der Waals surface area contributed by atoms with Gasteiger partial charge in [-0.25, -0.2) is 4.57 Å². The van der Waals surface area contributed by atoms with Crippen molar-refractivity contribution in [3.8, 4) is 0 Å². The fraction of sp³-hybridized carbons (Fsp3) is 0.680. The topological polar surface area (TPSA) is 155 Å². The van der Waals surface area contributed by atoms with E-state index in [2.05, 4.69) is 92.8 Å². The maximum Gasteiger partial charge on any atom is 0.472 e. The van der Waals surface area contributed by atoms with Gasteiger partial charge >= 0.3 is 19.8 Å². The molecule has 0 aromatic heterocycles. The molecule has 0 saturated carbocycles. The van der Waals surface area contributed by atoms with Crippen molar-refractivity contribution in [3.63, 3.8) is 0 Å². The zero-order valence-corrected chi connectivity index (χ0v) is 39.1. The number of carboxylic acid groups (broad SMARTS) is 1. The van der Waals surface area contributed by atoms with E-state index in [0.29, 0.717) is 19.4 Å². The minimum Gasteiger partial charge on any atom is -0.480 e. The molecule has 0 fully saturated rings. The number of rotatable bonds is 44. The highest BCUT2D eigenvalue weighted by atomic mass is 31.2. The first kappa shape index (κ1) is 58.1. The number of hydrogen-bond acceptors (Lipinski definition) is 8. The smallest absolute Gasteiger partial charge is 0.472 e. The van der Waals surface area contributed by atoms with Crippen molar-refractivity contribution in [1.29, 1.82) is 0 Å². The Hall–Kier alpha value is -2.85. The monoisotopic (exact) mass is 876 g/mol. The second-order valence-electron chi connectivity index (χ2n) is 15.5. The average Bonchev–Trinajstić information content (AvgIpc) is 3.24. The molecule has 0 rings (SSSR count). The molecule has 350 valence electrons. The van der Waals surface area contributed by atoms with Crippen molar-refractivity contribution in [3.05, 3.63) is 85.1 Å². The number of carboxylic acids is 1. The first-order valence-corrected chi connectivity index (χ1v) is 25.1. The number of carbonyl (C=O) groups excluding carboxylic acids is 1. The molecule has 3 unspecified atom stereocenters. The summed E-state index contributed by atoms with van der Waals surface area (Å²) >= 11 is 0. The van der Waals surface area contributed by atoms with Crippen molar-refractivity contribution < 1.29 is 42.7 Å². The van der Waals surface area contributed by atoms with Crippen LogP contribution in [0.15, 0.2) is 85.1 Å². The SMILES string of the molecule is CC/C=C\C/C=C\C/C=C\C/C=C\C/C=C\CCCC(=O)OC(COCCCCCCCCCCCC/C=C\C/C=C\CCCCCCC)COP(=O)(O)OCC(N)C(=O)O. The van der Waals surface area contributed by atoms with E-state index in [4.69, 9.17) is 29.4 Å². The highest BCUT2D eigenvalue weighted by Crippen LogP contribution is 2.43. The van der Waals surface area contributed by atoms with Crippen molar-refractivity contribution >= 4 is 19.8 Å². The Morgan fingerprint density at radius 2 is 0.951 bits per heavy atom. The van der Waals surface area contributed by atoms with Crippen LogP contribution in [0.5, 0.6) is 0 Å². The lowest BCUT2D eigenvalue weighted by atomic mass is 10.1. The third-order valence-corrected chi connectivity index (χ3v) is 10.6. The second kappa shape index (κ2) is 45.2. The molecule has 0 amide bonds. The van der Waals surface area contributed by atoms with Crippen LogP contribution < -0.4 is 5.73 Å². The van der Waals surface area contributed by atoms with E-state index in [-0.39, 0.29) is 13.0 Å². The van der Waals surface area contributed by atoms with Crippen LogP contribution in [0.1, 0.15) is 181 Å². The highest BCUT2D eigenvalue weighted by molar-refractivity contribution is 7.47. The van der Waals surface area contributed by atoms with Crippen molar-refractivity contribution in [1.82, 2.24) is 0 Å². The Labute approximate surface area is 371 Å². The van der Waals surface area contributed by atoms with E-state index in [1.54, 1.807) is 0 Å². The van der Waals surface area contributed by atoms with Crippen LogP contribution in [0.3, 0.4) is 0 Å². The number of aliphatic carboxylic acids is 1. The van der Waals surface area contributed by atoms with Crippen molar-refractivity contribution in [2.75, 3.05) is 26.4 Å². The number of phosphoric acid groups is 1. The normalized spacial score (nSPS) is 14.6. The molecule has 0 aliphatic heterocycles. The molecule has 0 saturated heterocycles. The number of nitrogens with two attached hydrogens (primary N) is 1. The molecule has 11 heteroatoms. The minimum absolute atomic E-state index is 0.0127. The van der Waals surface area contributed by atoms with Gasteiger partial charge < -0.3 is 25.2 Å². The first-order valence-electron chi connectivity index (χ1n) is 23.6. The molecule has 0 aromatic carbocycles. The van der Waals surface area contributed by atoms with Gasteiger partial charge in [0.25, 0.3) is 0 Å². The number of allylic oxidation sites excluding steroid dienone is 14. The highest BCUT2D eigenvalue weighted by Gasteiger charge is 2.27. The standard InChI is InChI=1S/C50H86NO9P/c1-3-5-7-9-11-13-15-17-19-21-22-23-24-25-27-29-31-33-35-37-39-41-43-57-44-47(45-58-61(55,56)59-46-48(51)50(53)54)60-49(52)42-40-38-36-34-32-30-28-26-20-18-16-14-12-10-8-6-4-2/h6,8,12,14-15,17-18,20-22,28,30,34,36,47-48H,3-5,7,9-11,13,16,19,23-27,29,31-33,35,37-46,51H2,1-2H3,(H,53,54)(H,55,56)/b8-6-,14-12-,17-15-,20-18-,22-21-,30-28-,36-34-. The largest absolute Gasteiger partial charge is 0.480 e. The van der Waals surface area contributed by atoms with Crippen molar-refractivity contribution in [2.45, 2.75) is 193 Å². The van der Waals surface area contributed by atoms with E-state index in [0.717, 1.165) is 57.8 Å². The first-order chi connectivity index (χ1) is 29.7. The predicted octanol–water partition coefficient (Wildman–Crippen LogP) is 13.5. The van der Waals surface area contributed by atoms with Gasteiger partial charge in [0.05, 0.1) is 19.8 Å². The van der Waals surface area contributed by atoms with Gasteiger partial charge in [0.2, 0.25) is 0 Å². The Morgan fingerprint density at radius 3 is 1.43 bits per heavy atom. The fourth-order valence-electron chi connectivity index (χ4n) is 6.02. The molecule has 0 aliphatic carbocycles. The van der Waals surface area contributed by atoms with Crippen LogP contribution in [0, 0.1) is 0 Å². The summed E-state index contributed by atoms with van der Waals surface area (Å²) in [6.45, 7) is 3.67. The van der Waals surface area contributed by atoms with Gasteiger partial charge in [-0.05, 0) is 83.5 Å². The fourth-order valence-corrected chi connectivity index (χ4v) is 6.80. The van der Waals surface area contributed by atoms with Gasteiger partial charge in [0.15, 0.2) is 0 Å². The molecule has 61 heavy (non-hydrogen) atoms. The van der Waals surface area contributed by atoms with Gasteiger partial charge in [-0.2, -0.15) is 0 Å². The Kier molecular flexibility index (Phi) is 43.1. The Balaban J connectivity index is 4.27. The number of hydrogen-bond donors (Lipinski definition) is 3. The summed E-state index contributed by atoms with van der Waals surface area (Å²) in [5.41, 5.74) is 5.36. The summed E-state index contributed by atoms with van der Waals surface area (Å²) in [6.07, 6.45) is 57.9. The molecule has 0 radical (unpaired) electrons. The lowest BCUT2D eigenvalue weighted by Gasteiger charge is -2.20. The second-order valence-corrected chi connectivity index (χ2v) is 17.0. The number of ether oxygens (including phenoxy) is 2. The number of phosphoric ester groups is 1. The number of unbranched alkanes of at least 4 members (excludes halogenated alkanes) is 16. The van der Waals surface area contributed by atoms with E-state index in [1.165, 1.54) is 89.9 Å². The molecule has 4 N–H and O–H groups in total. The summed E-state index contributed by atoms with van der Waals surface area (Å²) in [5.74, 6) is -1.85. The Bertz CT molecular complexity index is 1290. The van der Waals surface area contributed by atoms with E-state index < -0.39 is 45.1 Å². The van der Waals surface area contributed by atoms with E-state index >= 15 is 0 Å². The molecule has 3 atom stereocenters. The van der Waals surface area contributed by atoms with Gasteiger partial charge in [0.1, 0.15) is 12.1 Å². The molecule has 0 heterocycles. The summed E-state index contributed by atoms with van der Waals surface area (Å²) in [6, 6.07) is -1.49. The quantitative estimate of drug-likeness (QED) is 0.0233. The summed E-state index contributed by atoms with van der Waals surface area (Å²) in [4.78, 5) is 33.6. The minimum atomic E-state index is -4.64. The molecule has 0 bridgehead atoms. The van der Waals surface area contributed by atoms with Crippen LogP contribution in [0.25, 0.3) is 0 Å². The third-order valence-electron chi connectivity index (χ3n) is 9.66. The van der Waals surface area contributed by atoms with Gasteiger partial charge in [0, 0.05) is 13.0 Å². The summed E-state index contributed by atoms with van der Waals surface area (Å²) < 4.78 is 33.4. The molecule has 0 aromatic rings. The molecular formula is C50H86NO9P. The maximum absolute atomic E-state index is 12.6. The summed E-state index contributed by atoms with van der Waals surface area (Å²) in [5, 5.41) is 8.91. The van der Waals surface area contributed by atoms with Crippen LogP contribution in [0.2, 0.25) is 0 Å². The number of esters is 1. The Morgan fingerprint density at radius 1 is 0.541 bits per heavy atom. The average molecular weight is 876 g/mol. The molecule has 10 nitrogen and oxygen atoms in total. The van der Waals surface area contributed by atoms with Crippen LogP contribution in [-0.2, 0) is 32.7 Å². The van der Waals surface area contributed by atoms with Gasteiger partial charge in [-0.1, -0.05) is 176 Å². The lowest BCUT2D eigenvalue weighted by Crippen LogP contribution is -2.34. The van der Waals surface area contributed by atoms with Crippen LogP contribution in [-0.4, -0.2) is 60.5 Å². The van der Waals surface area contributed by atoms with E-state index in [1.807, 2.05) is 6.08 Å². The number of carbonyl (C=O) groups is 2. The lowest BCUT2D eigenvalue weighted by molar-refractivity contribution is -0.154. The van der Waals surface area contributed by atoms with E-state index in [9.17, 15) is 19.0 Å². The maximum atomic E-state index is 12.6. The molecule has 0 aliphatic rings. The van der Waals surface area contributed by atoms with Gasteiger partial charge in [-0.3, -0.25) is 18.6 Å². The van der Waals surface area contributed by atoms with Crippen LogP contribution in [0.4, 0.5) is 0 Å². The van der Waals surface area contributed by atoms with Crippen LogP contribution >= 0.6 is 7.82 Å². The van der Waals surface area contributed by atoms with Crippen molar-refractivity contribution in [2.24, 2.45) is 5.73 Å². The third kappa shape index (κ3) is 45.0. The molecular weight excluding hydrogens is 790 g/mol.